The minimum Gasteiger partial charge on any atom is -0.464 e. The zero-order valence-corrected chi connectivity index (χ0v) is 21.6. The second kappa shape index (κ2) is 10.3. The van der Waals surface area contributed by atoms with Crippen LogP contribution < -0.4 is 21.0 Å². The fraction of sp³-hybridized carbons (Fsp3) is 0.414. The number of benzene rings is 2. The predicted octanol–water partition coefficient (Wildman–Crippen LogP) is 5.18. The average molecular weight is 486 g/mol. The van der Waals surface area contributed by atoms with E-state index >= 15 is 0 Å². The summed E-state index contributed by atoms with van der Waals surface area (Å²) >= 11 is 0. The van der Waals surface area contributed by atoms with Gasteiger partial charge in [-0.2, -0.15) is 4.98 Å². The molecule has 0 bridgehead atoms. The first-order chi connectivity index (χ1) is 17.4. The quantitative estimate of drug-likeness (QED) is 0.373. The molecule has 0 saturated heterocycles. The van der Waals surface area contributed by atoms with Crippen molar-refractivity contribution >= 4 is 33.6 Å². The van der Waals surface area contributed by atoms with Gasteiger partial charge in [-0.1, -0.05) is 18.2 Å². The van der Waals surface area contributed by atoms with Crippen molar-refractivity contribution in [2.45, 2.75) is 52.1 Å². The maximum atomic E-state index is 13.0. The topological polar surface area (TPSA) is 83.3 Å². The monoisotopic (exact) mass is 485 g/mol. The highest BCUT2D eigenvalue weighted by Crippen LogP contribution is 2.28. The molecule has 7 heteroatoms. The van der Waals surface area contributed by atoms with E-state index in [-0.39, 0.29) is 5.43 Å². The van der Waals surface area contributed by atoms with Gasteiger partial charge >= 0.3 is 0 Å². The lowest BCUT2D eigenvalue weighted by atomic mass is 9.86. The first kappa shape index (κ1) is 24.3. The van der Waals surface area contributed by atoms with E-state index in [0.29, 0.717) is 41.0 Å². The van der Waals surface area contributed by atoms with Crippen molar-refractivity contribution in [2.24, 2.45) is 5.92 Å². The highest BCUT2D eigenvalue weighted by atomic mass is 16.3. The lowest BCUT2D eigenvalue weighted by Crippen LogP contribution is -2.32. The second-order valence-electron chi connectivity index (χ2n) is 10.3. The van der Waals surface area contributed by atoms with E-state index in [1.165, 1.54) is 0 Å². The molecular formula is C29H35N5O2. The Kier molecular flexibility index (Phi) is 6.92. The number of aromatic nitrogens is 2. The van der Waals surface area contributed by atoms with Crippen molar-refractivity contribution in [1.29, 1.82) is 0 Å². The largest absolute Gasteiger partial charge is 0.464 e. The molecule has 36 heavy (non-hydrogen) atoms. The van der Waals surface area contributed by atoms with Crippen LogP contribution in [0.5, 0.6) is 0 Å². The van der Waals surface area contributed by atoms with Gasteiger partial charge in [-0.25, -0.2) is 4.98 Å². The Labute approximate surface area is 211 Å². The summed E-state index contributed by atoms with van der Waals surface area (Å²) in [6.07, 6.45) is 6.03. The number of hydrogen-bond donors (Lipinski definition) is 2. The first-order valence-corrected chi connectivity index (χ1v) is 12.8. The summed E-state index contributed by atoms with van der Waals surface area (Å²) in [5.41, 5.74) is 4.46. The Bertz CT molecular complexity index is 1440. The zero-order valence-electron chi connectivity index (χ0n) is 21.6. The van der Waals surface area contributed by atoms with Crippen LogP contribution in [0.1, 0.15) is 42.4 Å². The van der Waals surface area contributed by atoms with Gasteiger partial charge in [-0.3, -0.25) is 4.79 Å². The van der Waals surface area contributed by atoms with Crippen LogP contribution in [0.15, 0.2) is 51.9 Å². The van der Waals surface area contributed by atoms with Crippen molar-refractivity contribution in [3.05, 3.63) is 69.6 Å². The predicted molar refractivity (Wildman–Crippen MR) is 147 cm³/mol. The van der Waals surface area contributed by atoms with E-state index < -0.39 is 0 Å². The maximum absolute atomic E-state index is 13.0. The Morgan fingerprint density at radius 1 is 1.06 bits per heavy atom. The van der Waals surface area contributed by atoms with Crippen LogP contribution in [-0.4, -0.2) is 36.6 Å². The molecule has 188 valence electrons. The van der Waals surface area contributed by atoms with Crippen molar-refractivity contribution in [2.75, 3.05) is 30.9 Å². The van der Waals surface area contributed by atoms with Crippen LogP contribution in [-0.2, 0) is 6.54 Å². The molecule has 2 aromatic heterocycles. The van der Waals surface area contributed by atoms with Crippen LogP contribution in [0.4, 0.5) is 11.8 Å². The van der Waals surface area contributed by atoms with Crippen LogP contribution in [0, 0.1) is 19.8 Å². The minimum absolute atomic E-state index is 0.0710. The Morgan fingerprint density at radius 2 is 1.83 bits per heavy atom. The molecule has 0 radical (unpaired) electrons. The molecule has 1 aliphatic rings. The Morgan fingerprint density at radius 3 is 2.61 bits per heavy atom. The van der Waals surface area contributed by atoms with E-state index in [4.69, 9.17) is 14.4 Å². The molecule has 7 nitrogen and oxygen atoms in total. The number of para-hydroxylation sites is 1. The van der Waals surface area contributed by atoms with Crippen LogP contribution >= 0.6 is 0 Å². The van der Waals surface area contributed by atoms with Gasteiger partial charge in [0.25, 0.3) is 0 Å². The van der Waals surface area contributed by atoms with Crippen molar-refractivity contribution in [1.82, 2.24) is 15.3 Å². The third-order valence-electron chi connectivity index (χ3n) is 7.23. The molecule has 2 aromatic carbocycles. The molecule has 5 rings (SSSR count). The molecule has 0 aliphatic heterocycles. The molecule has 1 saturated carbocycles. The summed E-state index contributed by atoms with van der Waals surface area (Å²) < 4.78 is 5.79. The lowest BCUT2D eigenvalue weighted by molar-refractivity contribution is 0.323. The number of hydrogen-bond acceptors (Lipinski definition) is 7. The molecule has 0 unspecified atom stereocenters. The second-order valence-corrected chi connectivity index (χ2v) is 10.3. The molecule has 2 N–H and O–H groups in total. The summed E-state index contributed by atoms with van der Waals surface area (Å²) in [6.45, 7) is 5.42. The minimum atomic E-state index is 0.0710. The van der Waals surface area contributed by atoms with Gasteiger partial charge in [-0.15, -0.1) is 0 Å². The number of nitrogens with zero attached hydrogens (tertiary/aromatic N) is 3. The third-order valence-corrected chi connectivity index (χ3v) is 7.23. The van der Waals surface area contributed by atoms with Gasteiger partial charge in [0.05, 0.1) is 17.2 Å². The van der Waals surface area contributed by atoms with Gasteiger partial charge in [0.15, 0.2) is 5.43 Å². The Balaban J connectivity index is 1.16. The highest BCUT2D eigenvalue weighted by molar-refractivity contribution is 5.90. The summed E-state index contributed by atoms with van der Waals surface area (Å²) in [7, 11) is 4.03. The Hall–Kier alpha value is -3.45. The molecule has 0 amide bonds. The van der Waals surface area contributed by atoms with Gasteiger partial charge < -0.3 is 20.0 Å². The lowest BCUT2D eigenvalue weighted by Gasteiger charge is -2.29. The normalized spacial score (nSPS) is 18.0. The van der Waals surface area contributed by atoms with Gasteiger partial charge in [0.2, 0.25) is 5.95 Å². The van der Waals surface area contributed by atoms with E-state index in [1.807, 2.05) is 63.2 Å². The van der Waals surface area contributed by atoms with Crippen molar-refractivity contribution in [3.63, 3.8) is 0 Å². The fourth-order valence-electron chi connectivity index (χ4n) is 5.35. The molecule has 0 spiro atoms. The maximum Gasteiger partial charge on any atom is 0.225 e. The number of fused-ring (bicyclic) bond motifs is 2. The third kappa shape index (κ3) is 5.07. The standard InChI is InChI=1S/C29H35N5O2/c1-18-13-19(2)26-25(14-18)36-17-21(27(26)35)16-30-15-20-9-11-22(12-10-20)31-29-32-24-8-6-5-7-23(24)28(33-29)34(3)4/h5-8,13-14,17,20,22,30H,9-12,15-16H2,1-4H3,(H,31,32,33). The smallest absolute Gasteiger partial charge is 0.225 e. The van der Waals surface area contributed by atoms with E-state index in [1.54, 1.807) is 6.26 Å². The molecule has 1 aliphatic carbocycles. The zero-order chi connectivity index (χ0) is 25.2. The number of aryl methyl sites for hydroxylation is 2. The van der Waals surface area contributed by atoms with E-state index in [0.717, 1.165) is 60.1 Å². The van der Waals surface area contributed by atoms with Gasteiger partial charge in [-0.05, 0) is 81.3 Å². The number of rotatable bonds is 7. The average Bonchev–Trinajstić information content (AvgIpc) is 2.85. The fourth-order valence-corrected chi connectivity index (χ4v) is 5.35. The van der Waals surface area contributed by atoms with Gasteiger partial charge in [0, 0.05) is 37.6 Å². The first-order valence-electron chi connectivity index (χ1n) is 12.8. The molecule has 1 fully saturated rings. The molecule has 2 heterocycles. The summed E-state index contributed by atoms with van der Waals surface area (Å²) in [5.74, 6) is 2.23. The summed E-state index contributed by atoms with van der Waals surface area (Å²) in [6, 6.07) is 12.5. The molecule has 0 atom stereocenters. The molecular weight excluding hydrogens is 450 g/mol. The SMILES string of the molecule is Cc1cc(C)c2c(=O)c(CNCC3CCC(Nc4nc(N(C)C)c5ccccc5n4)CC3)coc2c1. The van der Waals surface area contributed by atoms with Gasteiger partial charge in [0.1, 0.15) is 11.4 Å². The number of anilines is 2. The van der Waals surface area contributed by atoms with E-state index in [2.05, 4.69) is 16.7 Å². The van der Waals surface area contributed by atoms with E-state index in [9.17, 15) is 4.79 Å². The van der Waals surface area contributed by atoms with Crippen LogP contribution in [0.2, 0.25) is 0 Å². The van der Waals surface area contributed by atoms with Crippen molar-refractivity contribution in [3.8, 4) is 0 Å². The summed E-state index contributed by atoms with van der Waals surface area (Å²) in [5, 5.41) is 8.84. The number of nitrogens with one attached hydrogen (secondary N) is 2. The van der Waals surface area contributed by atoms with Crippen LogP contribution in [0.25, 0.3) is 21.9 Å². The van der Waals surface area contributed by atoms with Crippen molar-refractivity contribution < 1.29 is 4.42 Å². The summed E-state index contributed by atoms with van der Waals surface area (Å²) in [4.78, 5) is 24.6. The highest BCUT2D eigenvalue weighted by Gasteiger charge is 2.22. The van der Waals surface area contributed by atoms with Crippen LogP contribution in [0.3, 0.4) is 0 Å². The molecule has 4 aromatic rings.